The Kier molecular flexibility index (Phi) is 8.08. The molecule has 2 rings (SSSR count). The van der Waals surface area contributed by atoms with Crippen LogP contribution in [0.5, 0.6) is 5.75 Å². The first-order valence-corrected chi connectivity index (χ1v) is 11.0. The van der Waals surface area contributed by atoms with Gasteiger partial charge >= 0.3 is 0 Å². The highest BCUT2D eigenvalue weighted by Crippen LogP contribution is 2.30. The van der Waals surface area contributed by atoms with Crippen LogP contribution >= 0.6 is 15.9 Å². The van der Waals surface area contributed by atoms with Crippen LogP contribution in [0.1, 0.15) is 67.0 Å². The molecule has 0 atom stereocenters. The van der Waals surface area contributed by atoms with Crippen molar-refractivity contribution in [2.24, 2.45) is 5.92 Å². The Labute approximate surface area is 182 Å². The van der Waals surface area contributed by atoms with Gasteiger partial charge in [0.15, 0.2) is 5.69 Å². The molecule has 1 N–H and O–H groups in total. The molecule has 0 bridgehead atoms. The molecule has 1 aromatic heterocycles. The standard InChI is InChI=1S/C23H31BrN2O3/c1-7-17-12-19(24)13-18(8-2)22(17)25-23(27)21-16(6)26(28)15(5)11-20(21)29-10-9-14(3)4/h11-14H,7-10H2,1-6H3,(H,25,27). The number of carbonyl (C=O) groups is 1. The molecule has 0 saturated heterocycles. The highest BCUT2D eigenvalue weighted by atomic mass is 79.9. The predicted molar refractivity (Wildman–Crippen MR) is 121 cm³/mol. The fourth-order valence-electron chi connectivity index (χ4n) is 3.28. The van der Waals surface area contributed by atoms with E-state index in [0.717, 1.165) is 45.3 Å². The molecule has 6 heteroatoms. The molecule has 5 nitrogen and oxygen atoms in total. The molecule has 29 heavy (non-hydrogen) atoms. The zero-order valence-corrected chi connectivity index (χ0v) is 19.8. The second kappa shape index (κ2) is 10.1. The van der Waals surface area contributed by atoms with Crippen molar-refractivity contribution in [1.82, 2.24) is 0 Å². The Morgan fingerprint density at radius 1 is 1.17 bits per heavy atom. The summed E-state index contributed by atoms with van der Waals surface area (Å²) in [5, 5.41) is 15.5. The van der Waals surface area contributed by atoms with Gasteiger partial charge < -0.3 is 15.3 Å². The first-order chi connectivity index (χ1) is 13.7. The number of carbonyl (C=O) groups excluding carboxylic acids is 1. The van der Waals surface area contributed by atoms with Crippen molar-refractivity contribution in [2.75, 3.05) is 11.9 Å². The number of pyridine rings is 1. The van der Waals surface area contributed by atoms with Crippen LogP contribution in [-0.4, -0.2) is 12.5 Å². The number of amides is 1. The lowest BCUT2D eigenvalue weighted by Gasteiger charge is -2.18. The number of nitrogens with zero attached hydrogens (tertiary/aromatic N) is 1. The van der Waals surface area contributed by atoms with Gasteiger partial charge in [0.05, 0.1) is 6.61 Å². The minimum atomic E-state index is -0.321. The van der Waals surface area contributed by atoms with E-state index in [-0.39, 0.29) is 5.91 Å². The van der Waals surface area contributed by atoms with Crippen molar-refractivity contribution in [2.45, 2.75) is 60.8 Å². The third kappa shape index (κ3) is 5.50. The molecular weight excluding hydrogens is 432 g/mol. The summed E-state index contributed by atoms with van der Waals surface area (Å²) in [5.74, 6) is 0.626. The lowest BCUT2D eigenvalue weighted by molar-refractivity contribution is -0.619. The Hall–Kier alpha value is -2.08. The van der Waals surface area contributed by atoms with E-state index < -0.39 is 0 Å². The quantitative estimate of drug-likeness (QED) is 0.415. The van der Waals surface area contributed by atoms with E-state index in [4.69, 9.17) is 4.74 Å². The SMILES string of the molecule is CCc1cc(Br)cc(CC)c1NC(=O)c1c(OCCC(C)C)cc(C)[n+]([O-])c1C. The van der Waals surface area contributed by atoms with E-state index in [1.54, 1.807) is 19.9 Å². The average Bonchev–Trinajstić information content (AvgIpc) is 2.66. The second-order valence-corrected chi connectivity index (χ2v) is 8.61. The fourth-order valence-corrected chi connectivity index (χ4v) is 3.83. The molecule has 0 aliphatic heterocycles. The van der Waals surface area contributed by atoms with Crippen LogP contribution in [0, 0.1) is 25.0 Å². The van der Waals surface area contributed by atoms with Gasteiger partial charge in [-0.2, -0.15) is 4.73 Å². The van der Waals surface area contributed by atoms with E-state index >= 15 is 0 Å². The molecular formula is C23H31BrN2O3. The van der Waals surface area contributed by atoms with Crippen molar-refractivity contribution in [3.63, 3.8) is 0 Å². The van der Waals surface area contributed by atoms with Gasteiger partial charge in [0.2, 0.25) is 5.69 Å². The number of halogens is 1. The molecule has 1 amide bonds. The maximum Gasteiger partial charge on any atom is 0.265 e. The minimum absolute atomic E-state index is 0.293. The number of aromatic nitrogens is 1. The van der Waals surface area contributed by atoms with Gasteiger partial charge in [-0.3, -0.25) is 4.79 Å². The molecule has 0 unspecified atom stereocenters. The third-order valence-corrected chi connectivity index (χ3v) is 5.48. The summed E-state index contributed by atoms with van der Waals surface area (Å²) < 4.78 is 7.71. The van der Waals surface area contributed by atoms with Crippen LogP contribution in [0.15, 0.2) is 22.7 Å². The van der Waals surface area contributed by atoms with E-state index in [1.807, 2.05) is 12.1 Å². The Bertz CT molecular complexity index is 869. The summed E-state index contributed by atoms with van der Waals surface area (Å²) in [6.07, 6.45) is 2.45. The monoisotopic (exact) mass is 462 g/mol. The molecule has 0 aliphatic rings. The van der Waals surface area contributed by atoms with E-state index in [0.29, 0.717) is 35.2 Å². The number of benzene rings is 1. The maximum atomic E-state index is 13.3. The molecule has 1 heterocycles. The lowest BCUT2D eigenvalue weighted by Crippen LogP contribution is -2.37. The summed E-state index contributed by atoms with van der Waals surface area (Å²) in [4.78, 5) is 13.3. The summed E-state index contributed by atoms with van der Waals surface area (Å²) in [7, 11) is 0. The van der Waals surface area contributed by atoms with Gasteiger partial charge in [-0.05, 0) is 48.4 Å². The van der Waals surface area contributed by atoms with Crippen LogP contribution in [-0.2, 0) is 12.8 Å². The average molecular weight is 463 g/mol. The first-order valence-electron chi connectivity index (χ1n) is 10.2. The zero-order chi connectivity index (χ0) is 21.7. The third-order valence-electron chi connectivity index (χ3n) is 5.02. The number of rotatable bonds is 8. The molecule has 2 aromatic rings. The highest BCUT2D eigenvalue weighted by Gasteiger charge is 2.25. The number of aryl methyl sites for hydroxylation is 3. The number of anilines is 1. The predicted octanol–water partition coefficient (Wildman–Crippen LogP) is 5.50. The highest BCUT2D eigenvalue weighted by molar-refractivity contribution is 9.10. The summed E-state index contributed by atoms with van der Waals surface area (Å²) >= 11 is 3.54. The number of hydrogen-bond acceptors (Lipinski definition) is 3. The topological polar surface area (TPSA) is 65.3 Å². The molecule has 1 aromatic carbocycles. The Morgan fingerprint density at radius 3 is 2.28 bits per heavy atom. The van der Waals surface area contributed by atoms with Crippen molar-refractivity contribution < 1.29 is 14.3 Å². The van der Waals surface area contributed by atoms with Crippen molar-refractivity contribution in [3.05, 3.63) is 56.0 Å². The van der Waals surface area contributed by atoms with Crippen LogP contribution in [0.4, 0.5) is 5.69 Å². The minimum Gasteiger partial charge on any atom is -0.618 e. The molecule has 0 saturated carbocycles. The van der Waals surface area contributed by atoms with Crippen LogP contribution in [0.2, 0.25) is 0 Å². The number of hydrogen-bond donors (Lipinski definition) is 1. The largest absolute Gasteiger partial charge is 0.618 e. The van der Waals surface area contributed by atoms with Gasteiger partial charge in [-0.25, -0.2) is 0 Å². The smallest absolute Gasteiger partial charge is 0.265 e. The van der Waals surface area contributed by atoms with Gasteiger partial charge in [0.1, 0.15) is 11.3 Å². The molecule has 0 fully saturated rings. The summed E-state index contributed by atoms with van der Waals surface area (Å²) in [5.41, 5.74) is 4.05. The van der Waals surface area contributed by atoms with E-state index in [2.05, 4.69) is 48.9 Å². The first kappa shape index (κ1) is 23.2. The van der Waals surface area contributed by atoms with Crippen molar-refractivity contribution in [1.29, 1.82) is 0 Å². The Balaban J connectivity index is 2.46. The molecule has 158 valence electrons. The van der Waals surface area contributed by atoms with Crippen molar-refractivity contribution >= 4 is 27.5 Å². The Morgan fingerprint density at radius 2 is 1.76 bits per heavy atom. The molecule has 0 radical (unpaired) electrons. The van der Waals surface area contributed by atoms with Crippen molar-refractivity contribution in [3.8, 4) is 5.75 Å². The van der Waals surface area contributed by atoms with E-state index in [1.165, 1.54) is 0 Å². The summed E-state index contributed by atoms with van der Waals surface area (Å²) in [6, 6.07) is 5.69. The van der Waals surface area contributed by atoms with Crippen LogP contribution in [0.3, 0.4) is 0 Å². The molecule has 0 spiro atoms. The zero-order valence-electron chi connectivity index (χ0n) is 18.2. The van der Waals surface area contributed by atoms with Gasteiger partial charge in [0, 0.05) is 30.1 Å². The maximum absolute atomic E-state index is 13.3. The van der Waals surface area contributed by atoms with E-state index in [9.17, 15) is 10.0 Å². The normalized spacial score (nSPS) is 11.0. The lowest BCUT2D eigenvalue weighted by atomic mass is 10.0. The van der Waals surface area contributed by atoms with Crippen LogP contribution in [0.25, 0.3) is 0 Å². The summed E-state index contributed by atoms with van der Waals surface area (Å²) in [6.45, 7) is 12.2. The van der Waals surface area contributed by atoms with Crippen LogP contribution < -0.4 is 14.8 Å². The number of nitrogens with one attached hydrogen (secondary N) is 1. The second-order valence-electron chi connectivity index (χ2n) is 7.70. The van der Waals surface area contributed by atoms with Gasteiger partial charge in [0.25, 0.3) is 5.91 Å². The fraction of sp³-hybridized carbons (Fsp3) is 0.478. The number of ether oxygens (including phenoxy) is 1. The van der Waals surface area contributed by atoms with Gasteiger partial charge in [-0.1, -0.05) is 43.6 Å². The van der Waals surface area contributed by atoms with Gasteiger partial charge in [-0.15, -0.1) is 0 Å². The molecule has 0 aliphatic carbocycles.